The first-order valence-corrected chi connectivity index (χ1v) is 7.24. The van der Waals surface area contributed by atoms with E-state index in [0.29, 0.717) is 5.92 Å². The Kier molecular flexibility index (Phi) is 5.00. The molecule has 0 bridgehead atoms. The van der Waals surface area contributed by atoms with Crippen molar-refractivity contribution in [2.45, 2.75) is 45.6 Å². The van der Waals surface area contributed by atoms with E-state index in [2.05, 4.69) is 31.4 Å². The summed E-state index contributed by atoms with van der Waals surface area (Å²) in [6.07, 6.45) is 4.73. The van der Waals surface area contributed by atoms with Gasteiger partial charge in [0.2, 0.25) is 0 Å². The monoisotopic (exact) mass is 260 g/mol. The molecule has 0 amide bonds. The van der Waals surface area contributed by atoms with E-state index in [4.69, 9.17) is 10.3 Å². The van der Waals surface area contributed by atoms with Crippen molar-refractivity contribution >= 4 is 11.0 Å². The lowest BCUT2D eigenvalue weighted by molar-refractivity contribution is 0.290. The van der Waals surface area contributed by atoms with E-state index < -0.39 is 0 Å². The Labute approximate surface area is 115 Å². The number of hydrogen-bond donors (Lipinski definition) is 2. The Bertz CT molecular complexity index is 473. The van der Waals surface area contributed by atoms with E-state index >= 15 is 0 Å². The van der Waals surface area contributed by atoms with Gasteiger partial charge in [0, 0.05) is 5.39 Å². The lowest BCUT2D eigenvalue weighted by Gasteiger charge is -2.23. The number of nitrogens with two attached hydrogens (primary N) is 1. The summed E-state index contributed by atoms with van der Waals surface area (Å²) in [4.78, 5) is 0. The molecule has 0 aliphatic carbocycles. The van der Waals surface area contributed by atoms with Crippen LogP contribution in [-0.4, -0.2) is 0 Å². The van der Waals surface area contributed by atoms with Crippen LogP contribution in [0.25, 0.3) is 11.0 Å². The third kappa shape index (κ3) is 3.17. The van der Waals surface area contributed by atoms with Gasteiger partial charge in [0.1, 0.15) is 11.3 Å². The Morgan fingerprint density at radius 2 is 2.05 bits per heavy atom. The number of fused-ring (bicyclic) bond motifs is 1. The van der Waals surface area contributed by atoms with Gasteiger partial charge in [-0.05, 0) is 24.5 Å². The smallest absolute Gasteiger partial charge is 0.134 e. The van der Waals surface area contributed by atoms with Gasteiger partial charge in [-0.15, -0.1) is 0 Å². The standard InChI is InChI=1S/C16H24N2O/c1-3-5-8-12(4-2)16(18-17)15-11-13-9-6-7-10-14(13)19-15/h6-7,9-12,16,18H,3-5,8,17H2,1-2H3. The molecule has 0 spiro atoms. The average molecular weight is 260 g/mol. The van der Waals surface area contributed by atoms with E-state index in [9.17, 15) is 0 Å². The van der Waals surface area contributed by atoms with Crippen LogP contribution in [0.1, 0.15) is 51.3 Å². The fourth-order valence-corrected chi connectivity index (χ4v) is 2.68. The first kappa shape index (κ1) is 14.1. The van der Waals surface area contributed by atoms with Crippen LogP contribution < -0.4 is 11.3 Å². The Hall–Kier alpha value is -1.32. The van der Waals surface area contributed by atoms with Gasteiger partial charge in [0.15, 0.2) is 0 Å². The van der Waals surface area contributed by atoms with Crippen LogP contribution in [0.3, 0.4) is 0 Å². The number of hydrazine groups is 1. The SMILES string of the molecule is CCCCC(CC)C(NN)c1cc2ccccc2o1. The van der Waals surface area contributed by atoms with Gasteiger partial charge in [-0.3, -0.25) is 5.84 Å². The second kappa shape index (κ2) is 6.73. The number of furan rings is 1. The maximum Gasteiger partial charge on any atom is 0.134 e. The Balaban J connectivity index is 2.24. The molecule has 3 heteroatoms. The second-order valence-corrected chi connectivity index (χ2v) is 5.14. The second-order valence-electron chi connectivity index (χ2n) is 5.14. The molecule has 0 aliphatic rings. The summed E-state index contributed by atoms with van der Waals surface area (Å²) < 4.78 is 5.94. The molecule has 2 unspecified atom stereocenters. The molecule has 1 aromatic carbocycles. The molecule has 2 atom stereocenters. The molecule has 0 saturated heterocycles. The number of para-hydroxylation sites is 1. The largest absolute Gasteiger partial charge is 0.459 e. The molecule has 19 heavy (non-hydrogen) atoms. The summed E-state index contributed by atoms with van der Waals surface area (Å²) >= 11 is 0. The predicted octanol–water partition coefficient (Wildman–Crippen LogP) is 4.15. The lowest BCUT2D eigenvalue weighted by Crippen LogP contribution is -2.33. The maximum atomic E-state index is 5.94. The van der Waals surface area contributed by atoms with Crippen LogP contribution in [0.4, 0.5) is 0 Å². The van der Waals surface area contributed by atoms with Crippen molar-refractivity contribution in [2.75, 3.05) is 0 Å². The highest BCUT2D eigenvalue weighted by atomic mass is 16.3. The molecular weight excluding hydrogens is 236 g/mol. The summed E-state index contributed by atoms with van der Waals surface area (Å²) in [7, 11) is 0. The topological polar surface area (TPSA) is 51.2 Å². The summed E-state index contributed by atoms with van der Waals surface area (Å²) in [5.41, 5.74) is 3.88. The molecule has 2 aromatic rings. The number of benzene rings is 1. The first-order chi connectivity index (χ1) is 9.30. The van der Waals surface area contributed by atoms with Crippen molar-refractivity contribution < 1.29 is 4.42 Å². The van der Waals surface area contributed by atoms with Gasteiger partial charge in [-0.2, -0.15) is 0 Å². The van der Waals surface area contributed by atoms with Crippen LogP contribution in [0.15, 0.2) is 34.7 Å². The van der Waals surface area contributed by atoms with E-state index in [1.54, 1.807) is 0 Å². The minimum Gasteiger partial charge on any atom is -0.459 e. The zero-order valence-corrected chi connectivity index (χ0v) is 11.9. The van der Waals surface area contributed by atoms with Gasteiger partial charge in [-0.25, -0.2) is 5.43 Å². The molecule has 1 aromatic heterocycles. The van der Waals surface area contributed by atoms with E-state index in [-0.39, 0.29) is 6.04 Å². The molecule has 2 rings (SSSR count). The minimum atomic E-state index is 0.101. The molecule has 3 nitrogen and oxygen atoms in total. The summed E-state index contributed by atoms with van der Waals surface area (Å²) in [6, 6.07) is 10.3. The number of unbranched alkanes of at least 4 members (excludes halogenated alkanes) is 1. The Morgan fingerprint density at radius 1 is 1.26 bits per heavy atom. The minimum absolute atomic E-state index is 0.101. The van der Waals surface area contributed by atoms with Crippen LogP contribution in [-0.2, 0) is 0 Å². The average Bonchev–Trinajstić information content (AvgIpc) is 2.86. The van der Waals surface area contributed by atoms with Gasteiger partial charge in [-0.1, -0.05) is 51.3 Å². The highest BCUT2D eigenvalue weighted by Crippen LogP contribution is 2.32. The van der Waals surface area contributed by atoms with Gasteiger partial charge >= 0.3 is 0 Å². The first-order valence-electron chi connectivity index (χ1n) is 7.24. The van der Waals surface area contributed by atoms with E-state index in [1.165, 1.54) is 19.3 Å². The fourth-order valence-electron chi connectivity index (χ4n) is 2.68. The number of rotatable bonds is 7. The van der Waals surface area contributed by atoms with Crippen molar-refractivity contribution in [2.24, 2.45) is 11.8 Å². The highest BCUT2D eigenvalue weighted by Gasteiger charge is 2.23. The third-order valence-electron chi connectivity index (χ3n) is 3.85. The number of nitrogens with one attached hydrogen (secondary N) is 1. The zero-order chi connectivity index (χ0) is 13.7. The Morgan fingerprint density at radius 3 is 2.68 bits per heavy atom. The molecule has 0 radical (unpaired) electrons. The van der Waals surface area contributed by atoms with Gasteiger partial charge < -0.3 is 4.42 Å². The van der Waals surface area contributed by atoms with Crippen molar-refractivity contribution in [1.82, 2.24) is 5.43 Å². The molecule has 3 N–H and O–H groups in total. The van der Waals surface area contributed by atoms with Crippen molar-refractivity contribution in [3.05, 3.63) is 36.1 Å². The van der Waals surface area contributed by atoms with Crippen molar-refractivity contribution in [3.8, 4) is 0 Å². The maximum absolute atomic E-state index is 5.94. The summed E-state index contributed by atoms with van der Waals surface area (Å²) in [5, 5.41) is 1.14. The molecule has 1 heterocycles. The fraction of sp³-hybridized carbons (Fsp3) is 0.500. The molecule has 0 aliphatic heterocycles. The molecule has 0 fully saturated rings. The van der Waals surface area contributed by atoms with Crippen LogP contribution in [0.2, 0.25) is 0 Å². The van der Waals surface area contributed by atoms with Gasteiger partial charge in [0.05, 0.1) is 6.04 Å². The lowest BCUT2D eigenvalue weighted by atomic mass is 9.90. The van der Waals surface area contributed by atoms with Gasteiger partial charge in [0.25, 0.3) is 0 Å². The molecule has 104 valence electrons. The third-order valence-corrected chi connectivity index (χ3v) is 3.85. The highest BCUT2D eigenvalue weighted by molar-refractivity contribution is 5.77. The predicted molar refractivity (Wildman–Crippen MR) is 79.6 cm³/mol. The number of hydrogen-bond acceptors (Lipinski definition) is 3. The van der Waals surface area contributed by atoms with Crippen LogP contribution >= 0.6 is 0 Å². The van der Waals surface area contributed by atoms with E-state index in [0.717, 1.165) is 23.2 Å². The normalized spacial score (nSPS) is 14.7. The van der Waals surface area contributed by atoms with Crippen molar-refractivity contribution in [1.29, 1.82) is 0 Å². The summed E-state index contributed by atoms with van der Waals surface area (Å²) in [5.74, 6) is 7.23. The zero-order valence-electron chi connectivity index (χ0n) is 11.9. The molecular formula is C16H24N2O. The summed E-state index contributed by atoms with van der Waals surface area (Å²) in [6.45, 7) is 4.44. The molecule has 0 saturated carbocycles. The quantitative estimate of drug-likeness (QED) is 0.580. The van der Waals surface area contributed by atoms with E-state index in [1.807, 2.05) is 18.2 Å². The van der Waals surface area contributed by atoms with Crippen LogP contribution in [0.5, 0.6) is 0 Å². The van der Waals surface area contributed by atoms with Crippen molar-refractivity contribution in [3.63, 3.8) is 0 Å². The van der Waals surface area contributed by atoms with Crippen LogP contribution in [0, 0.1) is 5.92 Å².